The number of hydrogen-bond acceptors (Lipinski definition) is 16. The third kappa shape index (κ3) is 10.2. The number of nitrogens with zero attached hydrogens (tertiary/aromatic N) is 8. The van der Waals surface area contributed by atoms with Crippen molar-refractivity contribution in [1.82, 2.24) is 49.0 Å². The first kappa shape index (κ1) is 48.2. The van der Waals surface area contributed by atoms with Crippen LogP contribution in [0.4, 0.5) is 34.6 Å². The summed E-state index contributed by atoms with van der Waals surface area (Å²) < 4.78 is 28.2. The van der Waals surface area contributed by atoms with E-state index in [0.29, 0.717) is 57.1 Å². The highest BCUT2D eigenvalue weighted by Gasteiger charge is 2.40. The Balaban J connectivity index is 0.000000174. The molecule has 70 heavy (non-hydrogen) atoms. The molecule has 6 heterocycles. The van der Waals surface area contributed by atoms with Crippen LogP contribution in [0.1, 0.15) is 97.0 Å². The summed E-state index contributed by atoms with van der Waals surface area (Å²) in [6.45, 7) is 0. The molecule has 4 aliphatic carbocycles. The summed E-state index contributed by atoms with van der Waals surface area (Å²) in [5.74, 6) is 1.62. The van der Waals surface area contributed by atoms with Crippen molar-refractivity contribution in [3.63, 3.8) is 0 Å². The highest BCUT2D eigenvalue weighted by molar-refractivity contribution is 6.01. The number of aromatic nitrogens is 8. The van der Waals surface area contributed by atoms with Gasteiger partial charge in [-0.2, -0.15) is 19.2 Å². The molecule has 372 valence electrons. The van der Waals surface area contributed by atoms with Gasteiger partial charge in [0.2, 0.25) is 0 Å². The van der Waals surface area contributed by atoms with Gasteiger partial charge in [-0.05, 0) is 88.5 Å². The van der Waals surface area contributed by atoms with Gasteiger partial charge in [0, 0.05) is 79.1 Å². The smallest absolute Gasteiger partial charge is 0.274 e. The summed E-state index contributed by atoms with van der Waals surface area (Å²) in [5, 5.41) is 27.0. The first-order valence-corrected chi connectivity index (χ1v) is 23.9. The molecule has 0 saturated heterocycles. The van der Waals surface area contributed by atoms with E-state index in [4.69, 9.17) is 18.9 Å². The van der Waals surface area contributed by atoms with Crippen molar-refractivity contribution in [3.8, 4) is 0 Å². The molecule has 0 spiro atoms. The molecule has 4 aliphatic rings. The first-order chi connectivity index (χ1) is 34.0. The maximum atomic E-state index is 13.3. The monoisotopic (exact) mass is 962 g/mol. The number of methoxy groups -OCH3 is 4. The Morgan fingerprint density at radius 2 is 0.986 bits per heavy atom. The van der Waals surface area contributed by atoms with E-state index in [1.54, 1.807) is 85.0 Å². The minimum atomic E-state index is -0.259. The van der Waals surface area contributed by atoms with Crippen LogP contribution in [0.5, 0.6) is 0 Å². The Hall–Kier alpha value is -6.88. The molecule has 22 nitrogen and oxygen atoms in total. The van der Waals surface area contributed by atoms with Gasteiger partial charge in [-0.3, -0.25) is 19.2 Å². The lowest BCUT2D eigenvalue weighted by molar-refractivity contribution is 0.0579. The Morgan fingerprint density at radius 1 is 0.586 bits per heavy atom. The second-order valence-electron chi connectivity index (χ2n) is 18.2. The molecule has 6 aromatic heterocycles. The fraction of sp³-hybridized carbons (Fsp3) is 0.500. The van der Waals surface area contributed by atoms with Crippen molar-refractivity contribution in [2.75, 3.05) is 63.8 Å². The predicted molar refractivity (Wildman–Crippen MR) is 263 cm³/mol. The molecular weight excluding hydrogens is 901 g/mol. The molecule has 0 aromatic carbocycles. The summed E-state index contributed by atoms with van der Waals surface area (Å²) in [6, 6.07) is 11.0. The highest BCUT2D eigenvalue weighted by Crippen LogP contribution is 2.32. The molecule has 4 fully saturated rings. The van der Waals surface area contributed by atoms with E-state index in [-0.39, 0.29) is 71.5 Å². The molecular formula is C48H62N14O8. The van der Waals surface area contributed by atoms with Crippen molar-refractivity contribution in [3.05, 3.63) is 93.0 Å². The quantitative estimate of drug-likeness (QED) is 0.0773. The van der Waals surface area contributed by atoms with Crippen molar-refractivity contribution < 1.29 is 28.5 Å². The number of ether oxygens (including phenoxy) is 4. The molecule has 4 saturated carbocycles. The molecule has 2 amide bonds. The molecule has 0 aliphatic heterocycles. The molecule has 4 atom stereocenters. The van der Waals surface area contributed by atoms with Crippen LogP contribution in [-0.2, 0) is 18.9 Å². The van der Waals surface area contributed by atoms with Gasteiger partial charge in [0.1, 0.15) is 45.8 Å². The Kier molecular flexibility index (Phi) is 14.4. The van der Waals surface area contributed by atoms with Gasteiger partial charge in [0.25, 0.3) is 22.9 Å². The van der Waals surface area contributed by atoms with Gasteiger partial charge in [-0.1, -0.05) is 0 Å². The van der Waals surface area contributed by atoms with Crippen LogP contribution in [0.3, 0.4) is 0 Å². The van der Waals surface area contributed by atoms with Crippen LogP contribution < -0.4 is 43.0 Å². The average Bonchev–Trinajstić information content (AvgIpc) is 4.22. The summed E-state index contributed by atoms with van der Waals surface area (Å²) >= 11 is 0. The summed E-state index contributed by atoms with van der Waals surface area (Å²) in [7, 11) is 10.3. The molecule has 0 bridgehead atoms. The molecule has 0 radical (unpaired) electrons. The Labute approximate surface area is 403 Å². The highest BCUT2D eigenvalue weighted by atomic mass is 16.5. The predicted octanol–water partition coefficient (Wildman–Crippen LogP) is 4.65. The number of carbonyl (C=O) groups is 2. The molecule has 10 rings (SSSR count). The number of carbonyl (C=O) groups excluding carboxylic acids is 2. The van der Waals surface area contributed by atoms with Gasteiger partial charge in [-0.25, -0.2) is 9.97 Å². The molecule has 6 aromatic rings. The summed E-state index contributed by atoms with van der Waals surface area (Å²) in [4.78, 5) is 61.5. The van der Waals surface area contributed by atoms with Crippen LogP contribution >= 0.6 is 0 Å². The minimum absolute atomic E-state index is 0.00531. The zero-order chi connectivity index (χ0) is 49.1. The topological polar surface area (TPSA) is 248 Å². The number of hydrogen-bond donors (Lipinski definition) is 6. The fourth-order valence-electron chi connectivity index (χ4n) is 9.57. The van der Waals surface area contributed by atoms with Gasteiger partial charge in [-0.15, -0.1) is 0 Å². The van der Waals surface area contributed by atoms with Crippen LogP contribution in [0, 0.1) is 0 Å². The lowest BCUT2D eigenvalue weighted by Crippen LogP contribution is -2.30. The molecule has 22 heteroatoms. The molecule has 6 N–H and O–H groups in total. The fourth-order valence-corrected chi connectivity index (χ4v) is 9.57. The van der Waals surface area contributed by atoms with Crippen molar-refractivity contribution in [2.45, 2.75) is 113 Å². The van der Waals surface area contributed by atoms with Crippen LogP contribution in [0.2, 0.25) is 0 Å². The zero-order valence-electron chi connectivity index (χ0n) is 40.3. The lowest BCUT2D eigenvalue weighted by atomic mass is 9.92. The maximum absolute atomic E-state index is 13.3. The SMILES string of the molecule is CNc1cc(Nc2cccn(C3CCC(OC)CC3)c2=O)nc2c(C(=O)N[C@@H]3C[C@H]3OC)cnn12.CNc1cc(Nc2cccn(C3CCC(OC)CC3)c2=O)nc2c(C(=O)N[C@H]3C[C@@H]3OC)cnn12. The normalized spacial score (nSPS) is 23.7. The molecule has 0 unspecified atom stereocenters. The van der Waals surface area contributed by atoms with E-state index in [1.807, 2.05) is 24.5 Å². The zero-order valence-corrected chi connectivity index (χ0v) is 40.3. The number of pyridine rings is 2. The largest absolute Gasteiger partial charge is 0.381 e. The Morgan fingerprint density at radius 3 is 1.33 bits per heavy atom. The minimum Gasteiger partial charge on any atom is -0.381 e. The van der Waals surface area contributed by atoms with Gasteiger partial charge in [0.05, 0.1) is 48.9 Å². The van der Waals surface area contributed by atoms with E-state index in [2.05, 4.69) is 52.1 Å². The summed E-state index contributed by atoms with van der Waals surface area (Å²) in [5.41, 5.74) is 2.12. The van der Waals surface area contributed by atoms with E-state index >= 15 is 0 Å². The standard InChI is InChI=1S/2C24H31N7O4/c2*1-25-21-12-20(29-22-16(13-26-31(21)22)23(32)28-18-11-19(18)35-3)27-17-5-4-10-30(24(17)33)14-6-8-15(34-2)9-7-14/h2*4-5,10,12-15,18-19,25H,6-9,11H2,1-3H3,(H,27,29)(H,28,32)/t2*14?,15?,18-,19-/m10/s1. The van der Waals surface area contributed by atoms with Gasteiger partial charge in [0.15, 0.2) is 11.3 Å². The van der Waals surface area contributed by atoms with Crippen LogP contribution in [0.25, 0.3) is 11.3 Å². The lowest BCUT2D eigenvalue weighted by Gasteiger charge is -2.29. The van der Waals surface area contributed by atoms with Crippen molar-refractivity contribution in [2.24, 2.45) is 0 Å². The second-order valence-corrected chi connectivity index (χ2v) is 18.2. The number of anilines is 6. The van der Waals surface area contributed by atoms with Crippen molar-refractivity contribution >= 4 is 57.8 Å². The maximum Gasteiger partial charge on any atom is 0.274 e. The van der Waals surface area contributed by atoms with Crippen LogP contribution in [-0.4, -0.2) is 129 Å². The average molecular weight is 963 g/mol. The number of fused-ring (bicyclic) bond motifs is 2. The van der Waals surface area contributed by atoms with Gasteiger partial charge < -0.3 is 60.0 Å². The van der Waals surface area contributed by atoms with Gasteiger partial charge >= 0.3 is 0 Å². The third-order valence-corrected chi connectivity index (χ3v) is 13.9. The Bertz CT molecular complexity index is 2750. The van der Waals surface area contributed by atoms with E-state index in [0.717, 1.165) is 64.2 Å². The summed E-state index contributed by atoms with van der Waals surface area (Å²) in [6.07, 6.45) is 16.2. The number of nitrogens with one attached hydrogen (secondary N) is 6. The second kappa shape index (κ2) is 21.0. The van der Waals surface area contributed by atoms with Crippen LogP contribution in [0.15, 0.2) is 70.8 Å². The number of amides is 2. The first-order valence-electron chi connectivity index (χ1n) is 23.9. The van der Waals surface area contributed by atoms with E-state index < -0.39 is 0 Å². The van der Waals surface area contributed by atoms with E-state index in [1.165, 1.54) is 12.4 Å². The third-order valence-electron chi connectivity index (χ3n) is 13.9. The van der Waals surface area contributed by atoms with E-state index in [9.17, 15) is 19.2 Å². The number of rotatable bonds is 16. The van der Waals surface area contributed by atoms with Crippen molar-refractivity contribution in [1.29, 1.82) is 0 Å².